The van der Waals surface area contributed by atoms with Gasteiger partial charge in [-0.1, -0.05) is 0 Å². The lowest BCUT2D eigenvalue weighted by Gasteiger charge is -1.98. The van der Waals surface area contributed by atoms with Gasteiger partial charge in [-0.2, -0.15) is 9.61 Å². The predicted octanol–water partition coefficient (Wildman–Crippen LogP) is 0.489. The topological polar surface area (TPSA) is 63.0 Å². The van der Waals surface area contributed by atoms with Gasteiger partial charge in [-0.25, -0.2) is 4.98 Å². The lowest BCUT2D eigenvalue weighted by molar-refractivity contribution is 0.887. The van der Waals surface area contributed by atoms with Gasteiger partial charge in [-0.05, 0) is 22.9 Å². The zero-order valence-corrected chi connectivity index (χ0v) is 7.79. The highest BCUT2D eigenvalue weighted by atomic mass is 79.9. The first-order valence-electron chi connectivity index (χ1n) is 3.28. The van der Waals surface area contributed by atoms with Crippen molar-refractivity contribution in [1.29, 1.82) is 0 Å². The maximum Gasteiger partial charge on any atom is 0.293 e. The first-order chi connectivity index (χ1) is 5.70. The van der Waals surface area contributed by atoms with Gasteiger partial charge in [0.25, 0.3) is 5.56 Å². The number of fused-ring (bicyclic) bond motifs is 1. The Labute approximate surface area is 75.6 Å². The van der Waals surface area contributed by atoms with Crippen LogP contribution in [0.5, 0.6) is 0 Å². The fourth-order valence-electron chi connectivity index (χ4n) is 0.977. The van der Waals surface area contributed by atoms with Crippen molar-refractivity contribution in [3.8, 4) is 0 Å². The summed E-state index contributed by atoms with van der Waals surface area (Å²) >= 11 is 3.28. The van der Waals surface area contributed by atoms with Gasteiger partial charge >= 0.3 is 0 Å². The fraction of sp³-hybridized carbons (Fsp3) is 0.167. The number of aromatic amines is 1. The van der Waals surface area contributed by atoms with Crippen LogP contribution in [0.15, 0.2) is 15.7 Å². The molecule has 0 saturated carbocycles. The van der Waals surface area contributed by atoms with Gasteiger partial charge in [0.2, 0.25) is 5.65 Å². The van der Waals surface area contributed by atoms with Crippen LogP contribution < -0.4 is 5.56 Å². The Hall–Kier alpha value is -1.17. The zero-order valence-electron chi connectivity index (χ0n) is 6.21. The molecule has 0 aliphatic rings. The molecule has 0 aliphatic carbocycles. The number of aryl methyl sites for hydroxylation is 1. The monoisotopic (exact) mass is 228 g/mol. The summed E-state index contributed by atoms with van der Waals surface area (Å²) in [4.78, 5) is 17.7. The molecule has 62 valence electrons. The minimum absolute atomic E-state index is 0.229. The van der Waals surface area contributed by atoms with Crippen molar-refractivity contribution >= 4 is 21.6 Å². The Kier molecular flexibility index (Phi) is 1.50. The molecule has 2 aromatic heterocycles. The summed E-state index contributed by atoms with van der Waals surface area (Å²) < 4.78 is 2.17. The Bertz CT molecular complexity index is 486. The summed E-state index contributed by atoms with van der Waals surface area (Å²) in [6.45, 7) is 1.78. The van der Waals surface area contributed by atoms with Gasteiger partial charge in [-0.3, -0.25) is 4.79 Å². The number of nitrogens with zero attached hydrogens (tertiary/aromatic N) is 3. The van der Waals surface area contributed by atoms with E-state index >= 15 is 0 Å². The second-order valence-corrected chi connectivity index (χ2v) is 3.12. The van der Waals surface area contributed by atoms with Crippen molar-refractivity contribution in [1.82, 2.24) is 19.6 Å². The molecule has 12 heavy (non-hydrogen) atoms. The van der Waals surface area contributed by atoms with Gasteiger partial charge in [0.05, 0.1) is 0 Å². The van der Waals surface area contributed by atoms with Crippen LogP contribution in [-0.4, -0.2) is 19.6 Å². The van der Waals surface area contributed by atoms with Crippen LogP contribution in [0.1, 0.15) is 5.69 Å². The standard InChI is InChI=1S/C6H5BrN4O/c1-3-4(7)11-5(6(12)10-3)8-2-9-11/h2H,1H3,(H,10,12). The molecule has 0 aromatic carbocycles. The Morgan fingerprint density at radius 3 is 3.17 bits per heavy atom. The van der Waals surface area contributed by atoms with Crippen molar-refractivity contribution in [3.05, 3.63) is 27.0 Å². The quantitative estimate of drug-likeness (QED) is 0.714. The third kappa shape index (κ3) is 0.878. The lowest BCUT2D eigenvalue weighted by Crippen LogP contribution is -2.13. The fourth-order valence-corrected chi connectivity index (χ4v) is 1.34. The van der Waals surface area contributed by atoms with E-state index in [-0.39, 0.29) is 5.56 Å². The van der Waals surface area contributed by atoms with E-state index in [0.29, 0.717) is 5.65 Å². The molecule has 5 nitrogen and oxygen atoms in total. The minimum atomic E-state index is -0.229. The average molecular weight is 229 g/mol. The first-order valence-corrected chi connectivity index (χ1v) is 4.07. The molecule has 2 rings (SSSR count). The molecule has 0 fully saturated rings. The van der Waals surface area contributed by atoms with Crippen LogP contribution >= 0.6 is 15.9 Å². The smallest absolute Gasteiger partial charge is 0.293 e. The molecule has 0 aliphatic heterocycles. The molecule has 0 saturated heterocycles. The van der Waals surface area contributed by atoms with Crippen LogP contribution in [-0.2, 0) is 0 Å². The molecule has 0 atom stereocenters. The number of aromatic nitrogens is 4. The number of hydrogen-bond donors (Lipinski definition) is 1. The van der Waals surface area contributed by atoms with E-state index in [0.717, 1.165) is 10.3 Å². The van der Waals surface area contributed by atoms with Crippen molar-refractivity contribution in [2.24, 2.45) is 0 Å². The van der Waals surface area contributed by atoms with E-state index in [1.165, 1.54) is 10.8 Å². The molecule has 0 bridgehead atoms. The third-order valence-corrected chi connectivity index (χ3v) is 2.48. The summed E-state index contributed by atoms with van der Waals surface area (Å²) in [6, 6.07) is 0. The number of rotatable bonds is 0. The molecule has 1 N–H and O–H groups in total. The maximum absolute atomic E-state index is 11.2. The molecule has 0 amide bonds. The van der Waals surface area contributed by atoms with Gasteiger partial charge in [-0.15, -0.1) is 0 Å². The normalized spacial score (nSPS) is 10.8. The minimum Gasteiger partial charge on any atom is -0.321 e. The lowest BCUT2D eigenvalue weighted by atomic mass is 10.5. The van der Waals surface area contributed by atoms with E-state index in [1.54, 1.807) is 6.92 Å². The van der Waals surface area contributed by atoms with E-state index < -0.39 is 0 Å². The second-order valence-electron chi connectivity index (χ2n) is 2.37. The molecule has 0 spiro atoms. The first kappa shape index (κ1) is 7.48. The number of hydrogen-bond acceptors (Lipinski definition) is 3. The summed E-state index contributed by atoms with van der Waals surface area (Å²) in [5, 5.41) is 3.88. The second kappa shape index (κ2) is 2.41. The van der Waals surface area contributed by atoms with E-state index in [2.05, 4.69) is 31.0 Å². The highest BCUT2D eigenvalue weighted by Crippen LogP contribution is 2.10. The molecule has 2 heterocycles. The molecular weight excluding hydrogens is 224 g/mol. The van der Waals surface area contributed by atoms with Crippen molar-refractivity contribution in [3.63, 3.8) is 0 Å². The molecule has 0 radical (unpaired) electrons. The Morgan fingerprint density at radius 2 is 2.42 bits per heavy atom. The average Bonchev–Trinajstić information content (AvgIpc) is 2.48. The predicted molar refractivity (Wildman–Crippen MR) is 46.0 cm³/mol. The van der Waals surface area contributed by atoms with Crippen LogP contribution in [0.3, 0.4) is 0 Å². The van der Waals surface area contributed by atoms with Gasteiger partial charge in [0.15, 0.2) is 0 Å². The number of halogens is 1. The van der Waals surface area contributed by atoms with Crippen molar-refractivity contribution in [2.45, 2.75) is 6.92 Å². The highest BCUT2D eigenvalue weighted by Gasteiger charge is 2.06. The zero-order chi connectivity index (χ0) is 8.72. The summed E-state index contributed by atoms with van der Waals surface area (Å²) in [6.07, 6.45) is 1.34. The van der Waals surface area contributed by atoms with Crippen molar-refractivity contribution in [2.75, 3.05) is 0 Å². The van der Waals surface area contributed by atoms with Gasteiger partial charge in [0, 0.05) is 5.69 Å². The largest absolute Gasteiger partial charge is 0.321 e. The van der Waals surface area contributed by atoms with Crippen LogP contribution in [0, 0.1) is 6.92 Å². The molecule has 6 heteroatoms. The molecular formula is C6H5BrN4O. The van der Waals surface area contributed by atoms with Crippen molar-refractivity contribution < 1.29 is 0 Å². The highest BCUT2D eigenvalue weighted by molar-refractivity contribution is 9.10. The van der Waals surface area contributed by atoms with Gasteiger partial charge in [0.1, 0.15) is 10.9 Å². The third-order valence-electron chi connectivity index (χ3n) is 1.55. The number of nitrogens with one attached hydrogen (secondary N) is 1. The van der Waals surface area contributed by atoms with Gasteiger partial charge < -0.3 is 4.98 Å². The van der Waals surface area contributed by atoms with Crippen LogP contribution in [0.2, 0.25) is 0 Å². The molecule has 0 unspecified atom stereocenters. The van der Waals surface area contributed by atoms with E-state index in [9.17, 15) is 4.79 Å². The van der Waals surface area contributed by atoms with Crippen LogP contribution in [0.4, 0.5) is 0 Å². The van der Waals surface area contributed by atoms with Crippen LogP contribution in [0.25, 0.3) is 5.65 Å². The summed E-state index contributed by atoms with van der Waals surface area (Å²) in [7, 11) is 0. The Morgan fingerprint density at radius 1 is 1.67 bits per heavy atom. The number of H-pyrrole nitrogens is 1. The Balaban J connectivity index is 3.07. The molecule has 2 aromatic rings. The summed E-state index contributed by atoms with van der Waals surface area (Å²) in [5.74, 6) is 0. The van der Waals surface area contributed by atoms with E-state index in [1.807, 2.05) is 0 Å². The SMILES string of the molecule is Cc1[nH]c(=O)c2ncnn2c1Br. The van der Waals surface area contributed by atoms with E-state index in [4.69, 9.17) is 0 Å². The maximum atomic E-state index is 11.2. The summed E-state index contributed by atoms with van der Waals surface area (Å²) in [5.41, 5.74) is 0.804.